The molecule has 2 aromatic rings. The lowest BCUT2D eigenvalue weighted by atomic mass is 10.0. The van der Waals surface area contributed by atoms with E-state index in [1.54, 1.807) is 16.3 Å². The summed E-state index contributed by atoms with van der Waals surface area (Å²) in [7, 11) is 1.97. The first-order valence-electron chi connectivity index (χ1n) is 7.25. The van der Waals surface area contributed by atoms with Gasteiger partial charge in [-0.25, -0.2) is 9.89 Å². The van der Waals surface area contributed by atoms with Gasteiger partial charge >= 0.3 is 5.69 Å². The molecule has 21 heavy (non-hydrogen) atoms. The second-order valence-electron chi connectivity index (χ2n) is 4.80. The summed E-state index contributed by atoms with van der Waals surface area (Å²) in [5.41, 5.74) is 1.11. The molecule has 0 radical (unpaired) electrons. The number of H-pyrrole nitrogens is 1. The number of nitrogens with zero attached hydrogens (tertiary/aromatic N) is 2. The van der Waals surface area contributed by atoms with Crippen molar-refractivity contribution in [2.24, 2.45) is 0 Å². The first kappa shape index (κ1) is 15.9. The summed E-state index contributed by atoms with van der Waals surface area (Å²) >= 11 is 1.65. The lowest BCUT2D eigenvalue weighted by molar-refractivity contribution is 0.552. The molecular weight excluding hydrogens is 284 g/mol. The molecule has 1 heterocycles. The number of aromatic nitrogens is 3. The molecule has 5 nitrogen and oxygen atoms in total. The Hall–Kier alpha value is -1.53. The third kappa shape index (κ3) is 3.57. The smallest absolute Gasteiger partial charge is 0.312 e. The Kier molecular flexibility index (Phi) is 5.64. The van der Waals surface area contributed by atoms with Gasteiger partial charge in [-0.3, -0.25) is 4.57 Å². The van der Waals surface area contributed by atoms with Crippen molar-refractivity contribution in [1.82, 2.24) is 20.1 Å². The van der Waals surface area contributed by atoms with Gasteiger partial charge in [0, 0.05) is 17.8 Å². The minimum absolute atomic E-state index is 0.143. The molecule has 0 amide bonds. The zero-order valence-electron chi connectivity index (χ0n) is 12.7. The van der Waals surface area contributed by atoms with Crippen LogP contribution >= 0.6 is 11.8 Å². The number of rotatable bonds is 7. The van der Waals surface area contributed by atoms with E-state index in [1.807, 2.05) is 32.2 Å². The Morgan fingerprint density at radius 2 is 2.05 bits per heavy atom. The molecule has 0 aliphatic carbocycles. The van der Waals surface area contributed by atoms with Gasteiger partial charge in [0.15, 0.2) is 5.16 Å². The molecular formula is C15H22N4OS. The molecule has 0 aliphatic rings. The van der Waals surface area contributed by atoms with Gasteiger partial charge in [0.1, 0.15) is 0 Å². The lowest BCUT2D eigenvalue weighted by Crippen LogP contribution is -2.27. The summed E-state index contributed by atoms with van der Waals surface area (Å²) in [4.78, 5) is 11.7. The Labute approximate surface area is 129 Å². The van der Waals surface area contributed by atoms with Gasteiger partial charge in [0.25, 0.3) is 0 Å². The van der Waals surface area contributed by atoms with Crippen molar-refractivity contribution < 1.29 is 0 Å². The highest BCUT2D eigenvalue weighted by atomic mass is 32.2. The van der Waals surface area contributed by atoms with Gasteiger partial charge in [-0.05, 0) is 26.0 Å². The quantitative estimate of drug-likeness (QED) is 0.771. The highest BCUT2D eigenvalue weighted by molar-refractivity contribution is 7.99. The molecule has 1 aromatic carbocycles. The van der Waals surface area contributed by atoms with Gasteiger partial charge in [0.05, 0.1) is 0 Å². The highest BCUT2D eigenvalue weighted by Gasteiger charge is 2.23. The van der Waals surface area contributed by atoms with E-state index in [0.717, 1.165) is 11.6 Å². The van der Waals surface area contributed by atoms with E-state index < -0.39 is 0 Å². The van der Waals surface area contributed by atoms with Crippen LogP contribution in [0, 0.1) is 0 Å². The molecule has 0 fully saturated rings. The minimum atomic E-state index is -0.143. The Morgan fingerprint density at radius 1 is 1.33 bits per heavy atom. The first-order valence-corrected chi connectivity index (χ1v) is 8.13. The predicted molar refractivity (Wildman–Crippen MR) is 86.7 cm³/mol. The average molecular weight is 306 g/mol. The van der Waals surface area contributed by atoms with Crippen molar-refractivity contribution in [3.63, 3.8) is 0 Å². The fourth-order valence-corrected chi connectivity index (χ4v) is 3.73. The monoisotopic (exact) mass is 306 g/mol. The largest absolute Gasteiger partial charge is 0.343 e. The molecule has 114 valence electrons. The van der Waals surface area contributed by atoms with Crippen LogP contribution in [0.1, 0.15) is 31.9 Å². The Morgan fingerprint density at radius 3 is 2.62 bits per heavy atom. The maximum absolute atomic E-state index is 11.7. The van der Waals surface area contributed by atoms with Gasteiger partial charge in [-0.15, -0.1) is 5.10 Å². The second kappa shape index (κ2) is 7.47. The summed E-state index contributed by atoms with van der Waals surface area (Å²) in [6.45, 7) is 4.74. The number of aromatic amines is 1. The zero-order valence-corrected chi connectivity index (χ0v) is 13.5. The average Bonchev–Trinajstić information content (AvgIpc) is 2.87. The molecule has 2 N–H and O–H groups in total. The molecule has 2 unspecified atom stereocenters. The van der Waals surface area contributed by atoms with Crippen LogP contribution in [0.3, 0.4) is 0 Å². The standard InChI is InChI=1S/C15H22N4OS/c1-4-12(13(16-3)11-9-7-6-8-10-11)21-15-18-17-14(20)19(15)5-2/h6-10,12-13,16H,4-5H2,1-3H3,(H,17,20). The van der Waals surface area contributed by atoms with Gasteiger partial charge < -0.3 is 5.32 Å². The molecule has 0 saturated carbocycles. The van der Waals surface area contributed by atoms with Crippen LogP contribution in [0.5, 0.6) is 0 Å². The molecule has 0 spiro atoms. The molecule has 6 heteroatoms. The number of benzene rings is 1. The molecule has 0 aliphatic heterocycles. The first-order chi connectivity index (χ1) is 10.2. The molecule has 0 saturated heterocycles. The van der Waals surface area contributed by atoms with Crippen LogP contribution in [0.4, 0.5) is 0 Å². The van der Waals surface area contributed by atoms with Gasteiger partial charge in [-0.1, -0.05) is 49.0 Å². The third-order valence-electron chi connectivity index (χ3n) is 3.54. The summed E-state index contributed by atoms with van der Waals surface area (Å²) in [5.74, 6) is 0. The maximum Gasteiger partial charge on any atom is 0.343 e. The molecule has 0 bridgehead atoms. The van der Waals surface area contributed by atoms with Crippen LogP contribution in [0.2, 0.25) is 0 Å². The van der Waals surface area contributed by atoms with E-state index in [4.69, 9.17) is 0 Å². The fraction of sp³-hybridized carbons (Fsp3) is 0.467. The van der Waals surface area contributed by atoms with E-state index in [9.17, 15) is 4.79 Å². The maximum atomic E-state index is 11.7. The van der Waals surface area contributed by atoms with E-state index in [-0.39, 0.29) is 11.7 Å². The van der Waals surface area contributed by atoms with Crippen molar-refractivity contribution in [3.8, 4) is 0 Å². The van der Waals surface area contributed by atoms with E-state index in [1.165, 1.54) is 5.56 Å². The van der Waals surface area contributed by atoms with Crippen LogP contribution in [0.25, 0.3) is 0 Å². The SMILES string of the molecule is CCC(Sc1n[nH]c(=O)n1CC)C(NC)c1ccccc1. The third-order valence-corrected chi connectivity index (χ3v) is 4.97. The fourth-order valence-electron chi connectivity index (χ4n) is 2.42. The lowest BCUT2D eigenvalue weighted by Gasteiger charge is -2.25. The summed E-state index contributed by atoms with van der Waals surface area (Å²) in [6, 6.07) is 10.6. The van der Waals surface area contributed by atoms with Crippen molar-refractivity contribution >= 4 is 11.8 Å². The van der Waals surface area contributed by atoms with Crippen LogP contribution in [-0.4, -0.2) is 27.1 Å². The topological polar surface area (TPSA) is 62.7 Å². The van der Waals surface area contributed by atoms with Crippen LogP contribution < -0.4 is 11.0 Å². The second-order valence-corrected chi connectivity index (χ2v) is 6.00. The number of thioether (sulfide) groups is 1. The van der Waals surface area contributed by atoms with E-state index >= 15 is 0 Å². The van der Waals surface area contributed by atoms with Crippen molar-refractivity contribution in [3.05, 3.63) is 46.4 Å². The van der Waals surface area contributed by atoms with Crippen molar-refractivity contribution in [2.75, 3.05) is 7.05 Å². The van der Waals surface area contributed by atoms with Crippen LogP contribution in [0.15, 0.2) is 40.3 Å². The molecule has 2 atom stereocenters. The highest BCUT2D eigenvalue weighted by Crippen LogP contribution is 2.32. The van der Waals surface area contributed by atoms with Crippen LogP contribution in [-0.2, 0) is 6.54 Å². The number of nitrogens with one attached hydrogen (secondary N) is 2. The van der Waals surface area contributed by atoms with Crippen molar-refractivity contribution in [2.45, 2.75) is 43.3 Å². The normalized spacial score (nSPS) is 14.0. The summed E-state index contributed by atoms with van der Waals surface area (Å²) in [6.07, 6.45) is 0.982. The number of hydrogen-bond donors (Lipinski definition) is 2. The summed E-state index contributed by atoms with van der Waals surface area (Å²) in [5, 5.41) is 11.1. The van der Waals surface area contributed by atoms with E-state index in [2.05, 4.69) is 34.6 Å². The van der Waals surface area contributed by atoms with Crippen molar-refractivity contribution in [1.29, 1.82) is 0 Å². The van der Waals surface area contributed by atoms with Gasteiger partial charge in [-0.2, -0.15) is 0 Å². The molecule has 1 aromatic heterocycles. The predicted octanol–water partition coefficient (Wildman–Crippen LogP) is 2.42. The Bertz CT molecular complexity index is 608. The van der Waals surface area contributed by atoms with Gasteiger partial charge in [0.2, 0.25) is 0 Å². The zero-order chi connectivity index (χ0) is 15.2. The number of hydrogen-bond acceptors (Lipinski definition) is 4. The molecule has 2 rings (SSSR count). The minimum Gasteiger partial charge on any atom is -0.312 e. The Balaban J connectivity index is 2.24. The summed E-state index contributed by atoms with van der Waals surface area (Å²) < 4.78 is 1.67. The van der Waals surface area contributed by atoms with E-state index in [0.29, 0.717) is 11.8 Å².